The summed E-state index contributed by atoms with van der Waals surface area (Å²) < 4.78 is 5.71. The Hall–Kier alpha value is -3.75. The van der Waals surface area contributed by atoms with Crippen molar-refractivity contribution in [3.63, 3.8) is 0 Å². The standard InChI is InChI=1S/C22H16ClN3O4S/c23-16-5-9-19(10-6-16)30-20-11-7-17(8-12-20)24-22(31)25-21(27)13-4-15-2-1-3-18(14-15)26(28)29/h1-14H,(H2,24,25,27,31)/b13-4+. The van der Waals surface area contributed by atoms with Crippen LogP contribution in [0, 0.1) is 10.1 Å². The fourth-order valence-electron chi connectivity index (χ4n) is 2.47. The lowest BCUT2D eigenvalue weighted by Crippen LogP contribution is -2.32. The Bertz CT molecular complexity index is 1130. The molecule has 0 radical (unpaired) electrons. The summed E-state index contributed by atoms with van der Waals surface area (Å²) in [5, 5.41) is 16.9. The normalized spacial score (nSPS) is 10.5. The Balaban J connectivity index is 1.51. The molecule has 3 rings (SSSR count). The molecule has 0 aliphatic carbocycles. The number of nitrogens with zero attached hydrogens (tertiary/aromatic N) is 1. The molecule has 0 spiro atoms. The Morgan fingerprint density at radius 2 is 1.68 bits per heavy atom. The van der Waals surface area contributed by atoms with E-state index in [4.69, 9.17) is 28.6 Å². The van der Waals surface area contributed by atoms with Gasteiger partial charge in [-0.3, -0.25) is 20.2 Å². The van der Waals surface area contributed by atoms with Crippen LogP contribution in [0.15, 0.2) is 78.9 Å². The summed E-state index contributed by atoms with van der Waals surface area (Å²) in [7, 11) is 0. The Morgan fingerprint density at radius 3 is 2.32 bits per heavy atom. The third-order valence-corrected chi connectivity index (χ3v) is 4.36. The molecule has 3 aromatic carbocycles. The second-order valence-electron chi connectivity index (χ2n) is 6.21. The highest BCUT2D eigenvalue weighted by Crippen LogP contribution is 2.24. The molecule has 3 aromatic rings. The number of rotatable bonds is 6. The molecule has 0 aromatic heterocycles. The van der Waals surface area contributed by atoms with E-state index in [-0.39, 0.29) is 10.8 Å². The van der Waals surface area contributed by atoms with Crippen molar-refractivity contribution in [2.24, 2.45) is 0 Å². The molecule has 31 heavy (non-hydrogen) atoms. The van der Waals surface area contributed by atoms with Gasteiger partial charge in [0.2, 0.25) is 5.91 Å². The maximum atomic E-state index is 12.0. The van der Waals surface area contributed by atoms with Gasteiger partial charge in [-0.1, -0.05) is 23.7 Å². The highest BCUT2D eigenvalue weighted by Gasteiger charge is 2.05. The van der Waals surface area contributed by atoms with Gasteiger partial charge in [0.25, 0.3) is 5.69 Å². The first-order valence-electron chi connectivity index (χ1n) is 8.97. The number of nitrogens with one attached hydrogen (secondary N) is 2. The summed E-state index contributed by atoms with van der Waals surface area (Å²) in [6, 6.07) is 20.0. The van der Waals surface area contributed by atoms with Crippen LogP contribution in [-0.2, 0) is 4.79 Å². The number of hydrogen-bond acceptors (Lipinski definition) is 5. The van der Waals surface area contributed by atoms with Crippen LogP contribution in [-0.4, -0.2) is 15.9 Å². The van der Waals surface area contributed by atoms with Gasteiger partial charge in [0.1, 0.15) is 11.5 Å². The van der Waals surface area contributed by atoms with E-state index < -0.39 is 10.8 Å². The fraction of sp³-hybridized carbons (Fsp3) is 0. The summed E-state index contributed by atoms with van der Waals surface area (Å²) >= 11 is 11.0. The smallest absolute Gasteiger partial charge is 0.270 e. The molecule has 9 heteroatoms. The topological polar surface area (TPSA) is 93.5 Å². The maximum absolute atomic E-state index is 12.0. The van der Waals surface area contributed by atoms with Crippen LogP contribution < -0.4 is 15.4 Å². The van der Waals surface area contributed by atoms with Gasteiger partial charge in [-0.15, -0.1) is 0 Å². The molecule has 0 fully saturated rings. The first-order valence-corrected chi connectivity index (χ1v) is 9.76. The van der Waals surface area contributed by atoms with Crippen molar-refractivity contribution >= 4 is 52.3 Å². The zero-order valence-electron chi connectivity index (χ0n) is 15.9. The number of non-ortho nitro benzene ring substituents is 1. The lowest BCUT2D eigenvalue weighted by Gasteiger charge is -2.10. The largest absolute Gasteiger partial charge is 0.457 e. The van der Waals surface area contributed by atoms with Gasteiger partial charge in [-0.25, -0.2) is 0 Å². The highest BCUT2D eigenvalue weighted by atomic mass is 35.5. The lowest BCUT2D eigenvalue weighted by molar-refractivity contribution is -0.384. The summed E-state index contributed by atoms with van der Waals surface area (Å²) in [5.74, 6) is 0.817. The highest BCUT2D eigenvalue weighted by molar-refractivity contribution is 7.80. The molecule has 0 aliphatic heterocycles. The monoisotopic (exact) mass is 453 g/mol. The van der Waals surface area contributed by atoms with Crippen LogP contribution >= 0.6 is 23.8 Å². The molecular formula is C22H16ClN3O4S. The van der Waals surface area contributed by atoms with Gasteiger partial charge in [0.05, 0.1) is 4.92 Å². The Labute approximate surface area is 188 Å². The number of halogens is 1. The second-order valence-corrected chi connectivity index (χ2v) is 7.05. The number of hydrogen-bond donors (Lipinski definition) is 2. The van der Waals surface area contributed by atoms with E-state index in [0.717, 1.165) is 0 Å². The molecule has 0 unspecified atom stereocenters. The average molecular weight is 454 g/mol. The van der Waals surface area contributed by atoms with Crippen LogP contribution in [0.25, 0.3) is 6.08 Å². The molecule has 156 valence electrons. The summed E-state index contributed by atoms with van der Waals surface area (Å²) in [5.41, 5.74) is 1.14. The predicted molar refractivity (Wildman–Crippen MR) is 124 cm³/mol. The lowest BCUT2D eigenvalue weighted by atomic mass is 10.2. The number of anilines is 1. The molecule has 0 atom stereocenters. The van der Waals surface area contributed by atoms with Gasteiger partial charge < -0.3 is 10.1 Å². The molecule has 0 bridgehead atoms. The van der Waals surface area contributed by atoms with E-state index in [2.05, 4.69) is 10.6 Å². The van der Waals surface area contributed by atoms with Gasteiger partial charge >= 0.3 is 0 Å². The summed E-state index contributed by atoms with van der Waals surface area (Å²) in [6.07, 6.45) is 2.71. The summed E-state index contributed by atoms with van der Waals surface area (Å²) in [4.78, 5) is 22.3. The van der Waals surface area contributed by atoms with Crippen molar-refractivity contribution in [3.8, 4) is 11.5 Å². The molecule has 0 aliphatic rings. The first kappa shape index (κ1) is 21.9. The van der Waals surface area contributed by atoms with E-state index in [1.807, 2.05) is 0 Å². The minimum atomic E-state index is -0.498. The van der Waals surface area contributed by atoms with Crippen LogP contribution in [0.2, 0.25) is 5.02 Å². The van der Waals surface area contributed by atoms with E-state index >= 15 is 0 Å². The number of nitro benzene ring substituents is 1. The first-order chi connectivity index (χ1) is 14.9. The SMILES string of the molecule is O=C(/C=C/c1cccc([N+](=O)[O-])c1)NC(=S)Nc1ccc(Oc2ccc(Cl)cc2)cc1. The van der Waals surface area contributed by atoms with E-state index in [1.54, 1.807) is 60.7 Å². The van der Waals surface area contributed by atoms with Crippen LogP contribution in [0.5, 0.6) is 11.5 Å². The molecule has 2 N–H and O–H groups in total. The van der Waals surface area contributed by atoms with E-state index in [9.17, 15) is 14.9 Å². The minimum absolute atomic E-state index is 0.0526. The number of benzene rings is 3. The third-order valence-electron chi connectivity index (χ3n) is 3.91. The van der Waals surface area contributed by atoms with Crippen molar-refractivity contribution < 1.29 is 14.5 Å². The molecule has 0 saturated heterocycles. The fourth-order valence-corrected chi connectivity index (χ4v) is 2.82. The van der Waals surface area contributed by atoms with Crippen molar-refractivity contribution in [2.75, 3.05) is 5.32 Å². The maximum Gasteiger partial charge on any atom is 0.270 e. The van der Waals surface area contributed by atoms with Crippen molar-refractivity contribution in [2.45, 2.75) is 0 Å². The molecule has 0 heterocycles. The Morgan fingerprint density at radius 1 is 1.03 bits per heavy atom. The number of nitro groups is 1. The number of carbonyl (C=O) groups is 1. The van der Waals surface area contributed by atoms with Gasteiger partial charge in [-0.05, 0) is 72.4 Å². The van der Waals surface area contributed by atoms with E-state index in [0.29, 0.717) is 27.8 Å². The van der Waals surface area contributed by atoms with Crippen molar-refractivity contribution in [1.82, 2.24) is 5.32 Å². The van der Waals surface area contributed by atoms with Crippen molar-refractivity contribution in [3.05, 3.63) is 99.6 Å². The molecule has 1 amide bonds. The zero-order valence-corrected chi connectivity index (χ0v) is 17.5. The number of amides is 1. The third kappa shape index (κ3) is 6.91. The predicted octanol–water partition coefficient (Wildman–Crippen LogP) is 5.57. The van der Waals surface area contributed by atoms with Gasteiger partial charge in [0.15, 0.2) is 5.11 Å². The number of carbonyl (C=O) groups excluding carboxylic acids is 1. The Kier molecular flexibility index (Phi) is 7.31. The molecule has 7 nitrogen and oxygen atoms in total. The minimum Gasteiger partial charge on any atom is -0.457 e. The van der Waals surface area contributed by atoms with Crippen LogP contribution in [0.4, 0.5) is 11.4 Å². The molecule has 0 saturated carbocycles. The summed E-state index contributed by atoms with van der Waals surface area (Å²) in [6.45, 7) is 0. The number of thiocarbonyl (C=S) groups is 1. The van der Waals surface area contributed by atoms with Gasteiger partial charge in [0, 0.05) is 28.9 Å². The van der Waals surface area contributed by atoms with Crippen LogP contribution in [0.1, 0.15) is 5.56 Å². The second kappa shape index (κ2) is 10.3. The van der Waals surface area contributed by atoms with Gasteiger partial charge in [-0.2, -0.15) is 0 Å². The van der Waals surface area contributed by atoms with Crippen molar-refractivity contribution in [1.29, 1.82) is 0 Å². The number of ether oxygens (including phenoxy) is 1. The van der Waals surface area contributed by atoms with E-state index in [1.165, 1.54) is 24.3 Å². The zero-order chi connectivity index (χ0) is 22.2. The quantitative estimate of drug-likeness (QED) is 0.219. The molecular weight excluding hydrogens is 438 g/mol. The average Bonchev–Trinajstić information content (AvgIpc) is 2.75. The van der Waals surface area contributed by atoms with Crippen LogP contribution in [0.3, 0.4) is 0 Å².